The summed E-state index contributed by atoms with van der Waals surface area (Å²) in [5.74, 6) is -2.41. The van der Waals surface area contributed by atoms with E-state index in [0.29, 0.717) is 16.3 Å². The Morgan fingerprint density at radius 2 is 1.84 bits per heavy atom. The number of hydrogen-bond donors (Lipinski definition) is 1. The topological polar surface area (TPSA) is 62.3 Å². The van der Waals surface area contributed by atoms with Gasteiger partial charge in [-0.15, -0.1) is 0 Å². The zero-order chi connectivity index (χ0) is 22.4. The average Bonchev–Trinajstić information content (AvgIpc) is 2.73. The summed E-state index contributed by atoms with van der Waals surface area (Å²) in [5.41, 5.74) is 1.13. The smallest absolute Gasteiger partial charge is 0.229 e. The molecule has 3 rings (SSSR count). The van der Waals surface area contributed by atoms with E-state index in [1.54, 1.807) is 48.7 Å². The first-order valence-electron chi connectivity index (χ1n) is 9.51. The number of rotatable bonds is 7. The lowest BCUT2D eigenvalue weighted by Gasteiger charge is -2.26. The Hall–Kier alpha value is -3.32. The normalized spacial score (nSPS) is 11.6. The Morgan fingerprint density at radius 3 is 2.45 bits per heavy atom. The Kier molecular flexibility index (Phi) is 7.31. The molecule has 0 saturated carbocycles. The van der Waals surface area contributed by atoms with Gasteiger partial charge in [0.2, 0.25) is 11.8 Å². The minimum absolute atomic E-state index is 0.0182. The zero-order valence-electron chi connectivity index (χ0n) is 16.7. The van der Waals surface area contributed by atoms with Crippen LogP contribution in [0, 0.1) is 11.6 Å². The van der Waals surface area contributed by atoms with Crippen LogP contribution in [0.25, 0.3) is 0 Å². The van der Waals surface area contributed by atoms with Gasteiger partial charge in [0.05, 0.1) is 30.4 Å². The molecule has 160 valence electrons. The minimum Gasteiger partial charge on any atom is -0.349 e. The van der Waals surface area contributed by atoms with E-state index in [1.165, 1.54) is 17.9 Å². The predicted octanol–water partition coefficient (Wildman–Crippen LogP) is 4.81. The fourth-order valence-electron chi connectivity index (χ4n) is 3.14. The summed E-state index contributed by atoms with van der Waals surface area (Å²) in [6, 6.07) is 14.3. The first-order chi connectivity index (χ1) is 14.8. The predicted molar refractivity (Wildman–Crippen MR) is 114 cm³/mol. The summed E-state index contributed by atoms with van der Waals surface area (Å²) in [4.78, 5) is 30.4. The summed E-state index contributed by atoms with van der Waals surface area (Å²) in [7, 11) is 0. The van der Waals surface area contributed by atoms with Crippen LogP contribution in [-0.2, 0) is 16.1 Å². The van der Waals surface area contributed by atoms with E-state index >= 15 is 0 Å². The van der Waals surface area contributed by atoms with Gasteiger partial charge < -0.3 is 10.2 Å². The number of carbonyl (C=O) groups excluding carboxylic acids is 2. The first-order valence-corrected chi connectivity index (χ1v) is 9.89. The van der Waals surface area contributed by atoms with Crippen molar-refractivity contribution < 1.29 is 18.4 Å². The van der Waals surface area contributed by atoms with Crippen LogP contribution in [0.3, 0.4) is 0 Å². The molecule has 0 fully saturated rings. The Balaban J connectivity index is 1.93. The van der Waals surface area contributed by atoms with Crippen molar-refractivity contribution in [1.82, 2.24) is 10.3 Å². The van der Waals surface area contributed by atoms with E-state index in [4.69, 9.17) is 11.6 Å². The molecule has 1 heterocycles. The van der Waals surface area contributed by atoms with Crippen LogP contribution in [0.4, 0.5) is 14.5 Å². The van der Waals surface area contributed by atoms with Crippen molar-refractivity contribution in [2.45, 2.75) is 25.9 Å². The number of pyridine rings is 1. The van der Waals surface area contributed by atoms with Gasteiger partial charge in [0, 0.05) is 24.2 Å². The number of carbonyl (C=O) groups is 2. The SMILES string of the molecule is CC(=O)NC(CC(=O)N(Cc1ccccn1)c1ccc(F)cc1F)c1ccc(Cl)cc1. The van der Waals surface area contributed by atoms with E-state index < -0.39 is 23.6 Å². The summed E-state index contributed by atoms with van der Waals surface area (Å²) < 4.78 is 28.0. The van der Waals surface area contributed by atoms with Gasteiger partial charge in [-0.1, -0.05) is 29.8 Å². The molecule has 3 aromatic rings. The molecule has 0 aliphatic heterocycles. The molecule has 1 aromatic heterocycles. The van der Waals surface area contributed by atoms with E-state index in [1.807, 2.05) is 0 Å². The van der Waals surface area contributed by atoms with Crippen LogP contribution in [0.15, 0.2) is 66.9 Å². The highest BCUT2D eigenvalue weighted by Crippen LogP contribution is 2.26. The molecule has 2 amide bonds. The molecule has 2 aromatic carbocycles. The number of anilines is 1. The standard InChI is InChI=1S/C23H20ClF2N3O2/c1-15(30)28-21(16-5-7-17(24)8-6-16)13-23(31)29(14-19-4-2-3-11-27-19)22-10-9-18(25)12-20(22)26/h2-12,21H,13-14H2,1H3,(H,28,30). The third kappa shape index (κ3) is 6.08. The van der Waals surface area contributed by atoms with Gasteiger partial charge in [0.25, 0.3) is 0 Å². The third-order valence-corrected chi connectivity index (χ3v) is 4.83. The van der Waals surface area contributed by atoms with Crippen molar-refractivity contribution in [3.8, 4) is 0 Å². The van der Waals surface area contributed by atoms with Crippen molar-refractivity contribution in [3.05, 3.63) is 94.8 Å². The van der Waals surface area contributed by atoms with Crippen molar-refractivity contribution in [1.29, 1.82) is 0 Å². The molecule has 1 N–H and O–H groups in total. The highest BCUT2D eigenvalue weighted by atomic mass is 35.5. The molecule has 0 bridgehead atoms. The van der Waals surface area contributed by atoms with Crippen molar-refractivity contribution in [2.75, 3.05) is 4.90 Å². The van der Waals surface area contributed by atoms with Crippen molar-refractivity contribution in [2.24, 2.45) is 0 Å². The van der Waals surface area contributed by atoms with Gasteiger partial charge in [-0.2, -0.15) is 0 Å². The Labute approximate surface area is 183 Å². The lowest BCUT2D eigenvalue weighted by molar-refractivity contribution is -0.121. The van der Waals surface area contributed by atoms with Gasteiger partial charge >= 0.3 is 0 Å². The van der Waals surface area contributed by atoms with Crippen LogP contribution in [0.2, 0.25) is 5.02 Å². The van der Waals surface area contributed by atoms with E-state index in [0.717, 1.165) is 12.1 Å². The van der Waals surface area contributed by atoms with Crippen LogP contribution < -0.4 is 10.2 Å². The summed E-state index contributed by atoms with van der Waals surface area (Å²) in [5, 5.41) is 3.26. The quantitative estimate of drug-likeness (QED) is 0.569. The van der Waals surface area contributed by atoms with Crippen LogP contribution in [-0.4, -0.2) is 16.8 Å². The molecule has 0 aliphatic rings. The monoisotopic (exact) mass is 443 g/mol. The fraction of sp³-hybridized carbons (Fsp3) is 0.174. The molecule has 0 radical (unpaired) electrons. The Bertz CT molecular complexity index is 1060. The molecular formula is C23H20ClF2N3O2. The molecule has 0 spiro atoms. The molecular weight excluding hydrogens is 424 g/mol. The second-order valence-corrected chi connectivity index (χ2v) is 7.34. The number of nitrogens with one attached hydrogen (secondary N) is 1. The van der Waals surface area contributed by atoms with Crippen LogP contribution >= 0.6 is 11.6 Å². The average molecular weight is 444 g/mol. The molecule has 31 heavy (non-hydrogen) atoms. The number of nitrogens with zero attached hydrogens (tertiary/aromatic N) is 2. The summed E-state index contributed by atoms with van der Waals surface area (Å²) >= 11 is 5.94. The minimum atomic E-state index is -0.869. The lowest BCUT2D eigenvalue weighted by Crippen LogP contribution is -2.36. The van der Waals surface area contributed by atoms with Gasteiger partial charge in [-0.25, -0.2) is 8.78 Å². The third-order valence-electron chi connectivity index (χ3n) is 4.58. The maximum atomic E-state index is 14.5. The van der Waals surface area contributed by atoms with Gasteiger partial charge in [0.1, 0.15) is 11.6 Å². The molecule has 0 aliphatic carbocycles. The van der Waals surface area contributed by atoms with Gasteiger partial charge in [-0.3, -0.25) is 14.6 Å². The zero-order valence-corrected chi connectivity index (χ0v) is 17.4. The van der Waals surface area contributed by atoms with Crippen LogP contribution in [0.5, 0.6) is 0 Å². The van der Waals surface area contributed by atoms with Gasteiger partial charge in [0.15, 0.2) is 0 Å². The largest absolute Gasteiger partial charge is 0.349 e. The number of benzene rings is 2. The van der Waals surface area contributed by atoms with Crippen molar-refractivity contribution >= 4 is 29.1 Å². The lowest BCUT2D eigenvalue weighted by atomic mass is 10.0. The second kappa shape index (κ2) is 10.1. The highest BCUT2D eigenvalue weighted by Gasteiger charge is 2.25. The number of halogens is 3. The van der Waals surface area contributed by atoms with Crippen LogP contribution in [0.1, 0.15) is 30.6 Å². The molecule has 0 saturated heterocycles. The molecule has 1 unspecified atom stereocenters. The molecule has 1 atom stereocenters. The summed E-state index contributed by atoms with van der Waals surface area (Å²) in [6.45, 7) is 1.33. The number of amides is 2. The fourth-order valence-corrected chi connectivity index (χ4v) is 3.26. The second-order valence-electron chi connectivity index (χ2n) is 6.91. The summed E-state index contributed by atoms with van der Waals surface area (Å²) in [6.07, 6.45) is 1.41. The number of aromatic nitrogens is 1. The number of hydrogen-bond acceptors (Lipinski definition) is 3. The van der Waals surface area contributed by atoms with Crippen molar-refractivity contribution in [3.63, 3.8) is 0 Å². The maximum Gasteiger partial charge on any atom is 0.229 e. The van der Waals surface area contributed by atoms with Gasteiger partial charge in [-0.05, 0) is 42.0 Å². The first kappa shape index (κ1) is 22.4. The maximum absolute atomic E-state index is 14.5. The molecule has 8 heteroatoms. The van der Waals surface area contributed by atoms with E-state index in [2.05, 4.69) is 10.3 Å². The van der Waals surface area contributed by atoms with E-state index in [9.17, 15) is 18.4 Å². The molecule has 5 nitrogen and oxygen atoms in total. The van der Waals surface area contributed by atoms with E-state index in [-0.39, 0.29) is 24.6 Å². The Morgan fingerprint density at radius 1 is 1.10 bits per heavy atom. The highest BCUT2D eigenvalue weighted by molar-refractivity contribution is 6.30.